The van der Waals surface area contributed by atoms with Gasteiger partial charge in [-0.2, -0.15) is 0 Å². The van der Waals surface area contributed by atoms with Gasteiger partial charge in [0.2, 0.25) is 0 Å². The van der Waals surface area contributed by atoms with Gasteiger partial charge in [0, 0.05) is 10.7 Å². The van der Waals surface area contributed by atoms with E-state index in [1.165, 1.54) is 6.07 Å². The second-order valence-corrected chi connectivity index (χ2v) is 5.25. The third kappa shape index (κ3) is 4.28. The molecule has 4 nitrogen and oxygen atoms in total. The summed E-state index contributed by atoms with van der Waals surface area (Å²) in [5.41, 5.74) is 1.37. The third-order valence-electron chi connectivity index (χ3n) is 2.74. The van der Waals surface area contributed by atoms with Gasteiger partial charge in [0.1, 0.15) is 11.5 Å². The second kappa shape index (κ2) is 6.70. The van der Waals surface area contributed by atoms with Crippen molar-refractivity contribution in [2.75, 3.05) is 11.9 Å². The van der Waals surface area contributed by atoms with Crippen LogP contribution in [0.25, 0.3) is 0 Å². The predicted octanol–water partition coefficient (Wildman–Crippen LogP) is 4.02. The van der Waals surface area contributed by atoms with E-state index < -0.39 is 0 Å². The first-order valence-electron chi connectivity index (χ1n) is 6.13. The summed E-state index contributed by atoms with van der Waals surface area (Å²) in [6, 6.07) is 9.46. The van der Waals surface area contributed by atoms with Crippen LogP contribution in [0.15, 0.2) is 36.4 Å². The maximum absolute atomic E-state index is 11.8. The monoisotopic (exact) mass is 325 g/mol. The van der Waals surface area contributed by atoms with Gasteiger partial charge >= 0.3 is 0 Å². The molecule has 0 unspecified atom stereocenters. The van der Waals surface area contributed by atoms with E-state index in [9.17, 15) is 9.90 Å². The SMILES string of the molecule is Cc1cc(O)ccc1NC(=O)COc1ccc(Cl)cc1Cl. The van der Waals surface area contributed by atoms with E-state index in [-0.39, 0.29) is 18.3 Å². The van der Waals surface area contributed by atoms with Crippen LogP contribution >= 0.6 is 23.2 Å². The molecule has 0 heterocycles. The van der Waals surface area contributed by atoms with E-state index in [1.54, 1.807) is 37.3 Å². The summed E-state index contributed by atoms with van der Waals surface area (Å²) < 4.78 is 5.34. The first-order valence-corrected chi connectivity index (χ1v) is 6.88. The van der Waals surface area contributed by atoms with E-state index in [0.717, 1.165) is 5.56 Å². The zero-order chi connectivity index (χ0) is 15.4. The molecule has 0 aliphatic heterocycles. The lowest BCUT2D eigenvalue weighted by Crippen LogP contribution is -2.20. The van der Waals surface area contributed by atoms with Crippen LogP contribution in [0.1, 0.15) is 5.56 Å². The van der Waals surface area contributed by atoms with Crippen molar-refractivity contribution in [3.63, 3.8) is 0 Å². The summed E-state index contributed by atoms with van der Waals surface area (Å²) in [4.78, 5) is 11.8. The molecule has 0 radical (unpaired) electrons. The Morgan fingerprint density at radius 3 is 2.67 bits per heavy atom. The number of rotatable bonds is 4. The highest BCUT2D eigenvalue weighted by molar-refractivity contribution is 6.35. The Hall–Kier alpha value is -1.91. The van der Waals surface area contributed by atoms with Crippen LogP contribution in [0.2, 0.25) is 10.0 Å². The first kappa shape index (κ1) is 15.5. The minimum atomic E-state index is -0.324. The average molecular weight is 326 g/mol. The fraction of sp³-hybridized carbons (Fsp3) is 0.133. The predicted molar refractivity (Wildman–Crippen MR) is 83.4 cm³/mol. The molecule has 6 heteroatoms. The van der Waals surface area contributed by atoms with Gasteiger partial charge in [0.25, 0.3) is 5.91 Å². The number of hydrogen-bond donors (Lipinski definition) is 2. The maximum Gasteiger partial charge on any atom is 0.262 e. The van der Waals surface area contributed by atoms with Crippen molar-refractivity contribution < 1.29 is 14.6 Å². The normalized spacial score (nSPS) is 10.2. The van der Waals surface area contributed by atoms with Crippen LogP contribution in [0.5, 0.6) is 11.5 Å². The highest BCUT2D eigenvalue weighted by atomic mass is 35.5. The molecule has 0 aliphatic carbocycles. The van der Waals surface area contributed by atoms with E-state index in [1.807, 2.05) is 0 Å². The van der Waals surface area contributed by atoms with E-state index >= 15 is 0 Å². The fourth-order valence-corrected chi connectivity index (χ4v) is 2.17. The number of halogens is 2. The third-order valence-corrected chi connectivity index (χ3v) is 3.27. The van der Waals surface area contributed by atoms with E-state index in [2.05, 4.69) is 5.32 Å². The van der Waals surface area contributed by atoms with Gasteiger partial charge < -0.3 is 15.2 Å². The molecule has 0 atom stereocenters. The summed E-state index contributed by atoms with van der Waals surface area (Å²) in [6.07, 6.45) is 0. The molecule has 21 heavy (non-hydrogen) atoms. The number of ether oxygens (including phenoxy) is 1. The van der Waals surface area contributed by atoms with Gasteiger partial charge in [-0.25, -0.2) is 0 Å². The largest absolute Gasteiger partial charge is 0.508 e. The summed E-state index contributed by atoms with van der Waals surface area (Å²) in [5, 5.41) is 12.8. The number of carbonyl (C=O) groups excluding carboxylic acids is 1. The number of hydrogen-bond acceptors (Lipinski definition) is 3. The second-order valence-electron chi connectivity index (χ2n) is 4.41. The smallest absolute Gasteiger partial charge is 0.262 e. The number of carbonyl (C=O) groups is 1. The number of phenolic OH excluding ortho intramolecular Hbond substituents is 1. The molecular formula is C15H13Cl2NO3. The Morgan fingerprint density at radius 1 is 1.24 bits per heavy atom. The van der Waals surface area contributed by atoms with Gasteiger partial charge in [-0.05, 0) is 48.9 Å². The lowest BCUT2D eigenvalue weighted by atomic mass is 10.2. The Morgan fingerprint density at radius 2 is 2.00 bits per heavy atom. The number of aromatic hydroxyl groups is 1. The standard InChI is InChI=1S/C15H13Cl2NO3/c1-9-6-11(19)3-4-13(9)18-15(20)8-21-14-5-2-10(16)7-12(14)17/h2-7,19H,8H2,1H3,(H,18,20). The van der Waals surface area contributed by atoms with Crippen LogP contribution in [0.3, 0.4) is 0 Å². The molecule has 0 aromatic heterocycles. The van der Waals surface area contributed by atoms with Crippen molar-refractivity contribution in [2.24, 2.45) is 0 Å². The van der Waals surface area contributed by atoms with Gasteiger partial charge in [-0.15, -0.1) is 0 Å². The van der Waals surface area contributed by atoms with Gasteiger partial charge in [-0.3, -0.25) is 4.79 Å². The highest BCUT2D eigenvalue weighted by Gasteiger charge is 2.08. The molecule has 0 fully saturated rings. The van der Waals surface area contributed by atoms with Crippen LogP contribution in [-0.2, 0) is 4.79 Å². The zero-order valence-electron chi connectivity index (χ0n) is 11.2. The quantitative estimate of drug-likeness (QED) is 0.834. The first-order chi connectivity index (χ1) is 9.95. The molecule has 0 spiro atoms. The van der Waals surface area contributed by atoms with Crippen LogP contribution in [0, 0.1) is 6.92 Å². The molecule has 110 valence electrons. The number of amides is 1. The lowest BCUT2D eigenvalue weighted by Gasteiger charge is -2.10. The Bertz CT molecular complexity index is 674. The summed E-state index contributed by atoms with van der Waals surface area (Å²) in [5.74, 6) is 0.211. The summed E-state index contributed by atoms with van der Waals surface area (Å²) >= 11 is 11.7. The van der Waals surface area contributed by atoms with Crippen LogP contribution in [-0.4, -0.2) is 17.6 Å². The topological polar surface area (TPSA) is 58.6 Å². The molecule has 0 aliphatic rings. The number of anilines is 1. The van der Waals surface area contributed by atoms with Crippen molar-refractivity contribution in [2.45, 2.75) is 6.92 Å². The molecular weight excluding hydrogens is 313 g/mol. The van der Waals surface area contributed by atoms with Gasteiger partial charge in [0.15, 0.2) is 6.61 Å². The molecule has 0 saturated carbocycles. The minimum absolute atomic E-state index is 0.148. The Kier molecular flexibility index (Phi) is 4.94. The van der Waals surface area contributed by atoms with E-state index in [0.29, 0.717) is 21.5 Å². The van der Waals surface area contributed by atoms with Crippen LogP contribution < -0.4 is 10.1 Å². The molecule has 2 aromatic rings. The molecule has 2 aromatic carbocycles. The Labute approximate surface area is 132 Å². The van der Waals surface area contributed by atoms with E-state index in [4.69, 9.17) is 27.9 Å². The summed E-state index contributed by atoms with van der Waals surface area (Å²) in [7, 11) is 0. The van der Waals surface area contributed by atoms with Gasteiger partial charge in [-0.1, -0.05) is 23.2 Å². The van der Waals surface area contributed by atoms with Crippen molar-refractivity contribution in [3.8, 4) is 11.5 Å². The number of benzene rings is 2. The average Bonchev–Trinajstić information content (AvgIpc) is 2.41. The molecule has 2 rings (SSSR count). The van der Waals surface area contributed by atoms with Crippen molar-refractivity contribution in [1.29, 1.82) is 0 Å². The van der Waals surface area contributed by atoms with Crippen molar-refractivity contribution in [1.82, 2.24) is 0 Å². The zero-order valence-corrected chi connectivity index (χ0v) is 12.7. The fourth-order valence-electron chi connectivity index (χ4n) is 1.71. The molecule has 2 N–H and O–H groups in total. The van der Waals surface area contributed by atoms with Gasteiger partial charge in [0.05, 0.1) is 5.02 Å². The lowest BCUT2D eigenvalue weighted by molar-refractivity contribution is -0.118. The highest BCUT2D eigenvalue weighted by Crippen LogP contribution is 2.27. The number of nitrogens with one attached hydrogen (secondary N) is 1. The molecule has 1 amide bonds. The number of phenols is 1. The number of aryl methyl sites for hydroxylation is 1. The summed E-state index contributed by atoms with van der Waals surface area (Å²) in [6.45, 7) is 1.61. The van der Waals surface area contributed by atoms with Crippen molar-refractivity contribution >= 4 is 34.8 Å². The van der Waals surface area contributed by atoms with Crippen LogP contribution in [0.4, 0.5) is 5.69 Å². The molecule has 0 bridgehead atoms. The Balaban J connectivity index is 1.96. The minimum Gasteiger partial charge on any atom is -0.508 e. The molecule has 0 saturated heterocycles. The maximum atomic E-state index is 11.8. The van der Waals surface area contributed by atoms with Crippen molar-refractivity contribution in [3.05, 3.63) is 52.0 Å².